The van der Waals surface area contributed by atoms with Crippen LogP contribution in [-0.4, -0.2) is 11.9 Å². The first-order valence-corrected chi connectivity index (χ1v) is 23.3. The van der Waals surface area contributed by atoms with Gasteiger partial charge in [0.05, 0.1) is 38.5 Å². The zero-order valence-electron chi connectivity index (χ0n) is 33.2. The number of allylic oxidation sites excluding steroid dienone is 1. The molecule has 1 spiro atoms. The van der Waals surface area contributed by atoms with Crippen molar-refractivity contribution in [3.05, 3.63) is 103 Å². The van der Waals surface area contributed by atoms with Crippen molar-refractivity contribution in [3.8, 4) is 17.6 Å². The van der Waals surface area contributed by atoms with Crippen molar-refractivity contribution in [1.82, 2.24) is 0 Å². The smallest absolute Gasteiger partial charge is 0.314 e. The first-order chi connectivity index (χ1) is 27.9. The number of fused-ring (bicyclic) bond motifs is 8. The van der Waals surface area contributed by atoms with Gasteiger partial charge in [0, 0.05) is 28.4 Å². The molecular formula is C49H52N2O4S2. The van der Waals surface area contributed by atoms with E-state index in [2.05, 4.69) is 73.3 Å². The maximum absolute atomic E-state index is 14.5. The molecule has 3 atom stereocenters. The third kappa shape index (κ3) is 6.27. The number of rotatable bonds is 12. The predicted molar refractivity (Wildman–Crippen MR) is 225 cm³/mol. The third-order valence-corrected chi connectivity index (χ3v) is 16.9. The Balaban J connectivity index is 1.14. The Bertz CT molecular complexity index is 2060. The van der Waals surface area contributed by atoms with Gasteiger partial charge in [-0.15, -0.1) is 0 Å². The van der Waals surface area contributed by atoms with Gasteiger partial charge in [0.1, 0.15) is 11.5 Å². The molecule has 6 nitrogen and oxygen atoms in total. The molecule has 0 bridgehead atoms. The van der Waals surface area contributed by atoms with Gasteiger partial charge in [-0.05, 0) is 85.5 Å². The predicted octanol–water partition coefficient (Wildman–Crippen LogP) is 13.0. The van der Waals surface area contributed by atoms with Gasteiger partial charge in [-0.1, -0.05) is 137 Å². The first-order valence-electron chi connectivity index (χ1n) is 21.7. The number of hydrogen-bond donors (Lipinski definition) is 0. The van der Waals surface area contributed by atoms with E-state index in [9.17, 15) is 14.9 Å². The number of unbranched alkanes of at least 4 members (excludes halogenated alkanes) is 4. The van der Waals surface area contributed by atoms with Crippen LogP contribution in [0.15, 0.2) is 68.3 Å². The largest absolute Gasteiger partial charge is 0.425 e. The van der Waals surface area contributed by atoms with Crippen LogP contribution < -0.4 is 9.47 Å². The fraction of sp³-hybridized carbons (Fsp3) is 0.510. The van der Waals surface area contributed by atoms with E-state index in [0.29, 0.717) is 37.4 Å². The number of esters is 2. The molecule has 9 rings (SSSR count). The molecule has 3 aromatic rings. The molecule has 0 N–H and O–H groups in total. The Hall–Kier alpha value is -3.98. The van der Waals surface area contributed by atoms with Crippen LogP contribution in [0.1, 0.15) is 162 Å². The number of thioether (sulfide) groups is 2. The van der Waals surface area contributed by atoms with Crippen LogP contribution in [-0.2, 0) is 15.0 Å². The van der Waals surface area contributed by atoms with E-state index in [1.807, 2.05) is 0 Å². The Morgan fingerprint density at radius 3 is 1.56 bits per heavy atom. The van der Waals surface area contributed by atoms with Gasteiger partial charge >= 0.3 is 11.9 Å². The molecule has 1 heterocycles. The zero-order valence-corrected chi connectivity index (χ0v) is 34.9. The average molecular weight is 797 g/mol. The molecule has 294 valence electrons. The molecule has 8 heteroatoms. The normalized spacial score (nSPS) is 28.1. The molecule has 0 saturated heterocycles. The fourth-order valence-electron chi connectivity index (χ4n) is 11.5. The zero-order chi connectivity index (χ0) is 39.3. The molecule has 0 amide bonds. The van der Waals surface area contributed by atoms with Crippen LogP contribution in [0, 0.1) is 41.6 Å². The van der Waals surface area contributed by atoms with Crippen LogP contribution >= 0.6 is 23.5 Å². The number of carbonyl (C=O) groups excluding carboxylic acids is 2. The second-order valence-electron chi connectivity index (χ2n) is 17.4. The molecular weight excluding hydrogens is 745 g/mol. The minimum absolute atomic E-state index is 0.00368. The minimum atomic E-state index is -0.345. The Kier molecular flexibility index (Phi) is 10.8. The van der Waals surface area contributed by atoms with Crippen molar-refractivity contribution < 1.29 is 19.1 Å². The van der Waals surface area contributed by atoms with Crippen LogP contribution in [0.3, 0.4) is 0 Å². The first kappa shape index (κ1) is 38.5. The fourth-order valence-corrected chi connectivity index (χ4v) is 14.0. The molecule has 0 radical (unpaired) electrons. The van der Waals surface area contributed by atoms with E-state index < -0.39 is 0 Å². The summed E-state index contributed by atoms with van der Waals surface area (Å²) in [7, 11) is 0. The van der Waals surface area contributed by atoms with Gasteiger partial charge in [0.25, 0.3) is 5.70 Å². The van der Waals surface area contributed by atoms with Gasteiger partial charge in [0.2, 0.25) is 0 Å². The van der Waals surface area contributed by atoms with Gasteiger partial charge in [-0.3, -0.25) is 9.59 Å². The molecule has 3 aromatic carbocycles. The van der Waals surface area contributed by atoms with E-state index in [1.165, 1.54) is 97.1 Å². The van der Waals surface area contributed by atoms with Gasteiger partial charge in [-0.2, -0.15) is 0 Å². The standard InChI is InChI=1S/C49H52N2O4S2/c1-4-6-8-14-29-20-24-31(25-21-29)46(52)54-42-38-39(41-34-17-11-13-19-36(34)49(41)35-18-12-10-16-33(35)40(38)49)43(45-44(42)56-48(57-45)37(28-50)51-3)55-47(53)32-26-22-30(23-27-32)15-9-7-5-2/h10-13,16-19,29-32,40-41H,4-9,14-15,20-27H2,1-2H3/t29?,30?,31?,32?,40-,41?,49?/m0/s1. The summed E-state index contributed by atoms with van der Waals surface area (Å²) in [4.78, 5) is 33.9. The van der Waals surface area contributed by atoms with Crippen molar-refractivity contribution in [3.63, 3.8) is 0 Å². The van der Waals surface area contributed by atoms with Crippen molar-refractivity contribution in [2.24, 2.45) is 23.7 Å². The monoisotopic (exact) mass is 796 g/mol. The quantitative estimate of drug-likeness (QED) is 0.0593. The topological polar surface area (TPSA) is 80.8 Å². The SMILES string of the molecule is [C-]#[N+]C(C#N)=C1Sc2c(OC(=O)C3CCC(CCCCC)CC3)c3c(c(OC(=O)C4CCC(CCCCC)CC4)c2S1)[C@@H]1c2ccccc2C12c1ccccc1C32. The second kappa shape index (κ2) is 16.0. The van der Waals surface area contributed by atoms with Gasteiger partial charge in [-0.25, -0.2) is 10.1 Å². The molecule has 6 aliphatic rings. The van der Waals surface area contributed by atoms with Crippen molar-refractivity contribution in [2.75, 3.05) is 0 Å². The molecule has 2 fully saturated rings. The number of benzene rings is 3. The van der Waals surface area contributed by atoms with Crippen LogP contribution in [0.5, 0.6) is 11.5 Å². The van der Waals surface area contributed by atoms with Crippen LogP contribution in [0.4, 0.5) is 0 Å². The summed E-state index contributed by atoms with van der Waals surface area (Å²) in [5, 5.41) is 10.1. The molecule has 5 aliphatic carbocycles. The molecule has 1 aliphatic heterocycles. The summed E-state index contributed by atoms with van der Waals surface area (Å²) < 4.78 is 14.1. The van der Waals surface area contributed by atoms with Crippen molar-refractivity contribution >= 4 is 35.5 Å². The number of nitrogens with zero attached hydrogens (tertiary/aromatic N) is 2. The summed E-state index contributed by atoms with van der Waals surface area (Å²) in [6.45, 7) is 12.3. The molecule has 57 heavy (non-hydrogen) atoms. The maximum Gasteiger partial charge on any atom is 0.314 e. The summed E-state index contributed by atoms with van der Waals surface area (Å²) in [5.41, 5.74) is 6.52. The Morgan fingerprint density at radius 1 is 0.719 bits per heavy atom. The summed E-state index contributed by atoms with van der Waals surface area (Å²) in [5.74, 6) is 1.48. The highest BCUT2D eigenvalue weighted by Gasteiger charge is 2.71. The van der Waals surface area contributed by atoms with E-state index in [4.69, 9.17) is 16.0 Å². The lowest BCUT2D eigenvalue weighted by Gasteiger charge is -2.58. The van der Waals surface area contributed by atoms with E-state index in [0.717, 1.165) is 62.5 Å². The van der Waals surface area contributed by atoms with Crippen LogP contribution in [0.2, 0.25) is 0 Å². The molecule has 0 aromatic heterocycles. The number of nitriles is 1. The number of ether oxygens (including phenoxy) is 2. The summed E-state index contributed by atoms with van der Waals surface area (Å²) in [6, 6.07) is 19.4. The van der Waals surface area contributed by atoms with E-state index >= 15 is 0 Å². The highest BCUT2D eigenvalue weighted by Crippen LogP contribution is 2.81. The highest BCUT2D eigenvalue weighted by atomic mass is 32.2. The second-order valence-corrected chi connectivity index (χ2v) is 19.7. The third-order valence-electron chi connectivity index (χ3n) is 14.3. The lowest BCUT2D eigenvalue weighted by Crippen LogP contribution is -2.52. The van der Waals surface area contributed by atoms with Gasteiger partial charge in [0.15, 0.2) is 0 Å². The van der Waals surface area contributed by atoms with E-state index in [-0.39, 0.29) is 46.7 Å². The number of hydrogen-bond acceptors (Lipinski definition) is 7. The lowest BCUT2D eigenvalue weighted by atomic mass is 9.43. The number of carbonyl (C=O) groups is 2. The minimum Gasteiger partial charge on any atom is -0.425 e. The molecule has 2 saturated carbocycles. The van der Waals surface area contributed by atoms with Crippen LogP contribution in [0.25, 0.3) is 4.85 Å². The lowest BCUT2D eigenvalue weighted by molar-refractivity contribution is -0.141. The van der Waals surface area contributed by atoms with E-state index in [1.54, 1.807) is 0 Å². The van der Waals surface area contributed by atoms with Crippen molar-refractivity contribution in [2.45, 2.75) is 144 Å². The Labute approximate surface area is 346 Å². The summed E-state index contributed by atoms with van der Waals surface area (Å²) >= 11 is 2.65. The summed E-state index contributed by atoms with van der Waals surface area (Å²) in [6.07, 6.45) is 17.4. The molecule has 2 unspecified atom stereocenters. The van der Waals surface area contributed by atoms with Crippen molar-refractivity contribution in [1.29, 1.82) is 5.26 Å². The highest BCUT2D eigenvalue weighted by molar-refractivity contribution is 8.24. The Morgan fingerprint density at radius 2 is 1.16 bits per heavy atom. The maximum atomic E-state index is 14.5. The van der Waals surface area contributed by atoms with Gasteiger partial charge < -0.3 is 9.47 Å². The average Bonchev–Trinajstić information content (AvgIpc) is 3.76.